The largest absolute Gasteiger partial charge is 0.480 e. The van der Waals surface area contributed by atoms with E-state index in [4.69, 9.17) is 5.11 Å². The third kappa shape index (κ3) is 5.55. The molecule has 2 rings (SSSR count). The molecule has 2 atom stereocenters. The normalized spacial score (nSPS) is 18.4. The second-order valence-electron chi connectivity index (χ2n) is 7.34. The number of amides is 2. The molecule has 154 valence electrons. The van der Waals surface area contributed by atoms with Gasteiger partial charge < -0.3 is 14.9 Å². The summed E-state index contributed by atoms with van der Waals surface area (Å²) in [5.74, 6) is -1.19. The summed E-state index contributed by atoms with van der Waals surface area (Å²) >= 11 is 0. The van der Waals surface area contributed by atoms with Crippen LogP contribution in [-0.2, 0) is 14.4 Å². The van der Waals surface area contributed by atoms with Gasteiger partial charge in [0.2, 0.25) is 11.8 Å². The number of carbonyl (C=O) groups excluding carboxylic acids is 2. The van der Waals surface area contributed by atoms with Crippen molar-refractivity contribution in [3.63, 3.8) is 0 Å². The van der Waals surface area contributed by atoms with Crippen LogP contribution in [0.15, 0.2) is 30.3 Å². The van der Waals surface area contributed by atoms with Crippen LogP contribution >= 0.6 is 0 Å². The van der Waals surface area contributed by atoms with Crippen LogP contribution in [0.5, 0.6) is 0 Å². The van der Waals surface area contributed by atoms with Crippen molar-refractivity contribution in [2.75, 3.05) is 33.2 Å². The second kappa shape index (κ2) is 10.2. The molecule has 0 bridgehead atoms. The fourth-order valence-electron chi connectivity index (χ4n) is 3.83. The van der Waals surface area contributed by atoms with E-state index in [1.165, 1.54) is 11.8 Å². The summed E-state index contributed by atoms with van der Waals surface area (Å²) in [6, 6.07) is 9.27. The number of hydrogen-bond donors (Lipinski definition) is 1. The summed E-state index contributed by atoms with van der Waals surface area (Å²) in [5, 5.41) is 9.10. The van der Waals surface area contributed by atoms with Gasteiger partial charge in [-0.25, -0.2) is 0 Å². The summed E-state index contributed by atoms with van der Waals surface area (Å²) in [4.78, 5) is 41.7. The topological polar surface area (TPSA) is 81.2 Å². The summed E-state index contributed by atoms with van der Waals surface area (Å²) in [5.41, 5.74) is 0.967. The van der Waals surface area contributed by atoms with E-state index < -0.39 is 5.97 Å². The molecule has 1 heterocycles. The Labute approximate surface area is 166 Å². The molecule has 0 aromatic heterocycles. The Morgan fingerprint density at radius 3 is 2.43 bits per heavy atom. The molecule has 1 aliphatic rings. The van der Waals surface area contributed by atoms with Gasteiger partial charge in [0.25, 0.3) is 0 Å². The zero-order valence-electron chi connectivity index (χ0n) is 17.0. The maximum atomic E-state index is 13.3. The quantitative estimate of drug-likeness (QED) is 0.771. The van der Waals surface area contributed by atoms with Crippen molar-refractivity contribution < 1.29 is 19.5 Å². The van der Waals surface area contributed by atoms with Gasteiger partial charge in [-0.1, -0.05) is 37.3 Å². The fraction of sp³-hybridized carbons (Fsp3) is 0.571. The number of likely N-dealkylation sites (N-methyl/N-ethyl adjacent to an activating group) is 1. The van der Waals surface area contributed by atoms with E-state index in [1.807, 2.05) is 54.1 Å². The predicted molar refractivity (Wildman–Crippen MR) is 107 cm³/mol. The SMILES string of the molecule is CCN(C)C(C(=O)N1CCCC(N(CC(=O)O)C(C)=O)CC1)c1ccccc1. The standard InChI is InChI=1S/C21H31N3O4/c1-4-22(3)20(17-9-6-5-7-10-17)21(28)23-13-8-11-18(12-14-23)24(16(2)25)15-19(26)27/h5-7,9-10,18,20H,4,8,11-15H2,1-3H3,(H,26,27). The smallest absolute Gasteiger partial charge is 0.323 e. The maximum Gasteiger partial charge on any atom is 0.323 e. The van der Waals surface area contributed by atoms with Crippen molar-refractivity contribution in [1.82, 2.24) is 14.7 Å². The lowest BCUT2D eigenvalue weighted by Crippen LogP contribution is -2.44. The number of carboxylic acid groups (broad SMARTS) is 1. The van der Waals surface area contributed by atoms with Gasteiger partial charge in [0, 0.05) is 26.1 Å². The van der Waals surface area contributed by atoms with Gasteiger partial charge in [0.05, 0.1) is 0 Å². The predicted octanol–water partition coefficient (Wildman–Crippen LogP) is 1.99. The summed E-state index contributed by atoms with van der Waals surface area (Å²) in [6.45, 7) is 5.02. The average Bonchev–Trinajstić information content (AvgIpc) is 2.92. The molecule has 1 aromatic carbocycles. The Bertz CT molecular complexity index is 679. The van der Waals surface area contributed by atoms with E-state index in [0.717, 1.165) is 18.5 Å². The molecule has 7 heteroatoms. The molecule has 0 radical (unpaired) electrons. The minimum atomic E-state index is -1.01. The van der Waals surface area contributed by atoms with Gasteiger partial charge in [0.1, 0.15) is 12.6 Å². The Hall–Kier alpha value is -2.41. The third-order valence-corrected chi connectivity index (χ3v) is 5.45. The van der Waals surface area contributed by atoms with E-state index >= 15 is 0 Å². The van der Waals surface area contributed by atoms with Crippen molar-refractivity contribution in [1.29, 1.82) is 0 Å². The first-order valence-electron chi connectivity index (χ1n) is 9.88. The Balaban J connectivity index is 2.13. The van der Waals surface area contributed by atoms with Crippen LogP contribution in [0.1, 0.15) is 44.7 Å². The minimum Gasteiger partial charge on any atom is -0.480 e. The minimum absolute atomic E-state index is 0.0591. The zero-order valence-corrected chi connectivity index (χ0v) is 17.0. The van der Waals surface area contributed by atoms with Gasteiger partial charge in [-0.3, -0.25) is 19.3 Å². The lowest BCUT2D eigenvalue weighted by Gasteiger charge is -2.32. The van der Waals surface area contributed by atoms with Crippen LogP contribution < -0.4 is 0 Å². The summed E-state index contributed by atoms with van der Waals surface area (Å²) < 4.78 is 0. The molecular weight excluding hydrogens is 358 g/mol. The average molecular weight is 389 g/mol. The highest BCUT2D eigenvalue weighted by molar-refractivity contribution is 5.83. The van der Waals surface area contributed by atoms with Crippen LogP contribution in [0.4, 0.5) is 0 Å². The summed E-state index contributed by atoms with van der Waals surface area (Å²) in [6.07, 6.45) is 2.05. The number of rotatable bonds is 7. The van der Waals surface area contributed by atoms with E-state index in [1.54, 1.807) is 0 Å². The van der Waals surface area contributed by atoms with Crippen molar-refractivity contribution in [3.05, 3.63) is 35.9 Å². The molecular formula is C21H31N3O4. The van der Waals surface area contributed by atoms with Crippen LogP contribution in [0, 0.1) is 0 Å². The molecule has 0 spiro atoms. The number of carbonyl (C=O) groups is 3. The number of likely N-dealkylation sites (tertiary alicyclic amines) is 1. The van der Waals surface area contributed by atoms with Gasteiger partial charge in [-0.05, 0) is 38.4 Å². The fourth-order valence-corrected chi connectivity index (χ4v) is 3.83. The lowest BCUT2D eigenvalue weighted by atomic mass is 10.0. The van der Waals surface area contributed by atoms with Crippen LogP contribution in [-0.4, -0.2) is 76.9 Å². The monoisotopic (exact) mass is 389 g/mol. The maximum absolute atomic E-state index is 13.3. The first-order valence-corrected chi connectivity index (χ1v) is 9.88. The molecule has 2 unspecified atom stereocenters. The highest BCUT2D eigenvalue weighted by Gasteiger charge is 2.32. The molecule has 28 heavy (non-hydrogen) atoms. The van der Waals surface area contributed by atoms with E-state index in [2.05, 4.69) is 0 Å². The van der Waals surface area contributed by atoms with Gasteiger partial charge in [-0.15, -0.1) is 0 Å². The number of hydrogen-bond acceptors (Lipinski definition) is 4. The zero-order chi connectivity index (χ0) is 20.7. The van der Waals surface area contributed by atoms with Crippen molar-refractivity contribution in [2.24, 2.45) is 0 Å². The van der Waals surface area contributed by atoms with Crippen LogP contribution in [0.3, 0.4) is 0 Å². The highest BCUT2D eigenvalue weighted by Crippen LogP contribution is 2.25. The molecule has 1 aliphatic heterocycles. The number of aliphatic carboxylic acids is 1. The molecule has 2 amide bonds. The Morgan fingerprint density at radius 2 is 1.86 bits per heavy atom. The summed E-state index contributed by atoms with van der Waals surface area (Å²) in [7, 11) is 1.94. The van der Waals surface area contributed by atoms with Crippen molar-refractivity contribution in [3.8, 4) is 0 Å². The Kier molecular flexibility index (Phi) is 7.99. The first kappa shape index (κ1) is 21.9. The van der Waals surface area contributed by atoms with Crippen LogP contribution in [0.25, 0.3) is 0 Å². The van der Waals surface area contributed by atoms with Crippen LogP contribution in [0.2, 0.25) is 0 Å². The van der Waals surface area contributed by atoms with Crippen molar-refractivity contribution in [2.45, 2.75) is 45.2 Å². The van der Waals surface area contributed by atoms with E-state index in [9.17, 15) is 14.4 Å². The number of benzene rings is 1. The van der Waals surface area contributed by atoms with Crippen molar-refractivity contribution >= 4 is 17.8 Å². The second-order valence-corrected chi connectivity index (χ2v) is 7.34. The Morgan fingerprint density at radius 1 is 1.18 bits per heavy atom. The molecule has 0 saturated carbocycles. The number of nitrogens with zero attached hydrogens (tertiary/aromatic N) is 3. The molecule has 7 nitrogen and oxygen atoms in total. The molecule has 1 saturated heterocycles. The van der Waals surface area contributed by atoms with E-state index in [-0.39, 0.29) is 30.4 Å². The van der Waals surface area contributed by atoms with Gasteiger partial charge >= 0.3 is 5.97 Å². The van der Waals surface area contributed by atoms with Gasteiger partial charge in [-0.2, -0.15) is 0 Å². The molecule has 1 aromatic rings. The molecule has 1 fully saturated rings. The third-order valence-electron chi connectivity index (χ3n) is 5.45. The molecule has 1 N–H and O–H groups in total. The first-order chi connectivity index (χ1) is 13.3. The number of carboxylic acids is 1. The molecule has 0 aliphatic carbocycles. The van der Waals surface area contributed by atoms with E-state index in [0.29, 0.717) is 25.9 Å². The van der Waals surface area contributed by atoms with Gasteiger partial charge in [0.15, 0.2) is 0 Å². The highest BCUT2D eigenvalue weighted by atomic mass is 16.4. The lowest BCUT2D eigenvalue weighted by molar-refractivity contribution is -0.145.